The fraction of sp³-hybridized carbons (Fsp3) is 0.296. The molecular formula is C27H31NO2S. The van der Waals surface area contributed by atoms with Crippen LogP contribution in [-0.4, -0.2) is 23.5 Å². The van der Waals surface area contributed by atoms with E-state index in [1.807, 2.05) is 54.6 Å². The van der Waals surface area contributed by atoms with Crippen molar-refractivity contribution in [3.05, 3.63) is 102 Å². The van der Waals surface area contributed by atoms with Crippen molar-refractivity contribution in [3.63, 3.8) is 0 Å². The molecule has 0 aliphatic rings. The molecule has 0 saturated heterocycles. The number of rotatable bonds is 11. The molecule has 0 spiro atoms. The van der Waals surface area contributed by atoms with Crippen molar-refractivity contribution in [2.24, 2.45) is 0 Å². The van der Waals surface area contributed by atoms with Crippen LogP contribution in [0.1, 0.15) is 36.5 Å². The van der Waals surface area contributed by atoms with Gasteiger partial charge in [-0.2, -0.15) is 0 Å². The van der Waals surface area contributed by atoms with Crippen LogP contribution in [-0.2, 0) is 29.0 Å². The van der Waals surface area contributed by atoms with Gasteiger partial charge in [0.15, 0.2) is 0 Å². The molecule has 31 heavy (non-hydrogen) atoms. The highest BCUT2D eigenvalue weighted by Crippen LogP contribution is 2.20. The monoisotopic (exact) mass is 433 g/mol. The minimum Gasteiger partial charge on any atom is -0.465 e. The van der Waals surface area contributed by atoms with Crippen LogP contribution in [0.4, 0.5) is 0 Å². The van der Waals surface area contributed by atoms with Gasteiger partial charge >= 0.3 is 5.97 Å². The second-order valence-corrected chi connectivity index (χ2v) is 8.30. The fourth-order valence-electron chi connectivity index (χ4n) is 3.59. The lowest BCUT2D eigenvalue weighted by Crippen LogP contribution is -2.43. The molecule has 4 heteroatoms. The molecule has 0 radical (unpaired) electrons. The van der Waals surface area contributed by atoms with Crippen LogP contribution in [0.5, 0.6) is 0 Å². The Morgan fingerprint density at radius 3 is 2.00 bits per heavy atom. The van der Waals surface area contributed by atoms with Crippen molar-refractivity contribution in [1.29, 1.82) is 0 Å². The van der Waals surface area contributed by atoms with Crippen molar-refractivity contribution in [2.45, 2.75) is 50.2 Å². The smallest absolute Gasteiger partial charge is 0.323 e. The first-order valence-electron chi connectivity index (χ1n) is 10.9. The van der Waals surface area contributed by atoms with Crippen LogP contribution in [0.25, 0.3) is 0 Å². The number of nitrogens with zero attached hydrogens (tertiary/aromatic N) is 1. The van der Waals surface area contributed by atoms with E-state index in [2.05, 4.69) is 54.8 Å². The molecular weight excluding hydrogens is 402 g/mol. The van der Waals surface area contributed by atoms with Gasteiger partial charge in [0.2, 0.25) is 0 Å². The van der Waals surface area contributed by atoms with Crippen molar-refractivity contribution >= 4 is 18.6 Å². The van der Waals surface area contributed by atoms with Gasteiger partial charge < -0.3 is 4.74 Å². The van der Waals surface area contributed by atoms with E-state index in [0.29, 0.717) is 26.1 Å². The molecule has 0 saturated carbocycles. The number of thiol groups is 1. The maximum Gasteiger partial charge on any atom is 0.323 e. The van der Waals surface area contributed by atoms with Crippen molar-refractivity contribution in [1.82, 2.24) is 4.90 Å². The summed E-state index contributed by atoms with van der Waals surface area (Å²) < 4.78 is 5.70. The molecule has 0 fully saturated rings. The average Bonchev–Trinajstić information content (AvgIpc) is 2.79. The standard InChI is InChI=1S/C27H31NO2S/c1-2-3-17-30-27(29)26(19-24-15-10-16-25(31)18-24)28(20-22-11-6-4-7-12-22)21-23-13-8-5-9-14-23/h4-16,18,26,31H,2-3,17,19-21H2,1H3. The quantitative estimate of drug-likeness (QED) is 0.231. The molecule has 0 N–H and O–H groups in total. The van der Waals surface area contributed by atoms with Crippen molar-refractivity contribution in [3.8, 4) is 0 Å². The van der Waals surface area contributed by atoms with E-state index in [1.54, 1.807) is 0 Å². The van der Waals surface area contributed by atoms with Crippen LogP contribution in [0.2, 0.25) is 0 Å². The number of carbonyl (C=O) groups is 1. The van der Waals surface area contributed by atoms with Crippen LogP contribution < -0.4 is 0 Å². The Morgan fingerprint density at radius 2 is 1.45 bits per heavy atom. The number of benzene rings is 3. The number of hydrogen-bond acceptors (Lipinski definition) is 4. The molecule has 3 aromatic rings. The lowest BCUT2D eigenvalue weighted by molar-refractivity contribution is -0.150. The molecule has 1 atom stereocenters. The lowest BCUT2D eigenvalue weighted by Gasteiger charge is -2.31. The zero-order chi connectivity index (χ0) is 21.9. The summed E-state index contributed by atoms with van der Waals surface area (Å²) in [5.41, 5.74) is 3.43. The SMILES string of the molecule is CCCCOC(=O)C(Cc1cccc(S)c1)N(Cc1ccccc1)Cc1ccccc1. The Balaban J connectivity index is 1.89. The number of carbonyl (C=O) groups excluding carboxylic acids is 1. The molecule has 3 aromatic carbocycles. The molecule has 3 nitrogen and oxygen atoms in total. The predicted octanol–water partition coefficient (Wildman–Crippen LogP) is 5.93. The third-order valence-corrected chi connectivity index (χ3v) is 5.53. The number of unbranched alkanes of at least 4 members (excludes halogenated alkanes) is 1. The Kier molecular flexibility index (Phi) is 9.19. The van der Waals surface area contributed by atoms with Crippen LogP contribution in [0, 0.1) is 0 Å². The first-order chi connectivity index (χ1) is 15.2. The zero-order valence-corrected chi connectivity index (χ0v) is 19.0. The highest BCUT2D eigenvalue weighted by atomic mass is 32.1. The summed E-state index contributed by atoms with van der Waals surface area (Å²) in [6.07, 6.45) is 2.46. The van der Waals surface area contributed by atoms with Crippen LogP contribution >= 0.6 is 12.6 Å². The van der Waals surface area contributed by atoms with E-state index in [-0.39, 0.29) is 12.0 Å². The topological polar surface area (TPSA) is 29.5 Å². The normalized spacial score (nSPS) is 12.0. The first kappa shape index (κ1) is 23.1. The van der Waals surface area contributed by atoms with Gasteiger partial charge in [0.25, 0.3) is 0 Å². The van der Waals surface area contributed by atoms with E-state index in [1.165, 1.54) is 11.1 Å². The van der Waals surface area contributed by atoms with Gasteiger partial charge in [0.1, 0.15) is 6.04 Å². The third-order valence-electron chi connectivity index (χ3n) is 5.25. The van der Waals surface area contributed by atoms with Gasteiger partial charge in [0, 0.05) is 18.0 Å². The van der Waals surface area contributed by atoms with Crippen molar-refractivity contribution < 1.29 is 9.53 Å². The summed E-state index contributed by atoms with van der Waals surface area (Å²) in [6.45, 7) is 3.90. The maximum atomic E-state index is 13.2. The molecule has 0 aliphatic carbocycles. The predicted molar refractivity (Wildman–Crippen MR) is 129 cm³/mol. The van der Waals surface area contributed by atoms with E-state index in [9.17, 15) is 4.79 Å². The van der Waals surface area contributed by atoms with Gasteiger partial charge in [0.05, 0.1) is 6.61 Å². The van der Waals surface area contributed by atoms with E-state index in [4.69, 9.17) is 4.74 Å². The van der Waals surface area contributed by atoms with Gasteiger partial charge in [-0.3, -0.25) is 9.69 Å². The largest absolute Gasteiger partial charge is 0.465 e. The van der Waals surface area contributed by atoms with Gasteiger partial charge in [-0.05, 0) is 41.7 Å². The minimum atomic E-state index is -0.382. The summed E-state index contributed by atoms with van der Waals surface area (Å²) in [7, 11) is 0. The second kappa shape index (κ2) is 12.3. The summed E-state index contributed by atoms with van der Waals surface area (Å²) in [5, 5.41) is 0. The molecule has 0 aromatic heterocycles. The van der Waals surface area contributed by atoms with E-state index < -0.39 is 0 Å². The van der Waals surface area contributed by atoms with Gasteiger partial charge in [-0.15, -0.1) is 12.6 Å². The van der Waals surface area contributed by atoms with Gasteiger partial charge in [-0.25, -0.2) is 0 Å². The van der Waals surface area contributed by atoms with Gasteiger partial charge in [-0.1, -0.05) is 86.1 Å². The molecule has 162 valence electrons. The first-order valence-corrected chi connectivity index (χ1v) is 11.4. The third kappa shape index (κ3) is 7.57. The average molecular weight is 434 g/mol. The summed E-state index contributed by atoms with van der Waals surface area (Å²) in [5.74, 6) is -0.162. The van der Waals surface area contributed by atoms with Crippen LogP contribution in [0.15, 0.2) is 89.8 Å². The maximum absolute atomic E-state index is 13.2. The molecule has 0 heterocycles. The Bertz CT molecular complexity index is 889. The van der Waals surface area contributed by atoms with E-state index >= 15 is 0 Å². The second-order valence-electron chi connectivity index (χ2n) is 7.79. The highest BCUT2D eigenvalue weighted by Gasteiger charge is 2.28. The Morgan fingerprint density at radius 1 is 0.871 bits per heavy atom. The zero-order valence-electron chi connectivity index (χ0n) is 18.1. The van der Waals surface area contributed by atoms with Crippen molar-refractivity contribution in [2.75, 3.05) is 6.61 Å². The number of ether oxygens (including phenoxy) is 1. The Labute approximate surface area is 191 Å². The molecule has 1 unspecified atom stereocenters. The summed E-state index contributed by atoms with van der Waals surface area (Å²) in [6, 6.07) is 28.2. The molecule has 3 rings (SSSR count). The Hall–Kier alpha value is -2.56. The van der Waals surface area contributed by atoms with Crippen LogP contribution in [0.3, 0.4) is 0 Å². The number of esters is 1. The minimum absolute atomic E-state index is 0.162. The lowest BCUT2D eigenvalue weighted by atomic mass is 10.0. The molecule has 0 amide bonds. The highest BCUT2D eigenvalue weighted by molar-refractivity contribution is 7.80. The fourth-order valence-corrected chi connectivity index (χ4v) is 3.85. The van der Waals surface area contributed by atoms with E-state index in [0.717, 1.165) is 23.3 Å². The molecule has 0 bridgehead atoms. The number of hydrogen-bond donors (Lipinski definition) is 1. The summed E-state index contributed by atoms with van der Waals surface area (Å²) in [4.78, 5) is 16.4. The molecule has 0 aliphatic heterocycles. The summed E-state index contributed by atoms with van der Waals surface area (Å²) >= 11 is 4.48.